The van der Waals surface area contributed by atoms with Crippen LogP contribution in [0.3, 0.4) is 0 Å². The van der Waals surface area contributed by atoms with Crippen LogP contribution in [-0.4, -0.2) is 21.0 Å². The fourth-order valence-electron chi connectivity index (χ4n) is 1.62. The summed E-state index contributed by atoms with van der Waals surface area (Å²) in [6.07, 6.45) is 3.95. The maximum atomic E-state index is 11.0. The number of thiazole rings is 1. The third kappa shape index (κ3) is 3.02. The van der Waals surface area contributed by atoms with Crippen molar-refractivity contribution >= 4 is 34.7 Å². The molecule has 2 N–H and O–H groups in total. The molecule has 0 fully saturated rings. The summed E-state index contributed by atoms with van der Waals surface area (Å²) in [6, 6.07) is 1.34. The van der Waals surface area contributed by atoms with E-state index < -0.39 is 5.97 Å². The molecule has 0 bridgehead atoms. The van der Waals surface area contributed by atoms with E-state index in [0.717, 1.165) is 11.4 Å². The summed E-state index contributed by atoms with van der Waals surface area (Å²) in [6.45, 7) is 2.01. The summed E-state index contributed by atoms with van der Waals surface area (Å²) in [5.74, 6) is -0.707. The summed E-state index contributed by atoms with van der Waals surface area (Å²) < 4.78 is 0. The zero-order chi connectivity index (χ0) is 13.8. The molecule has 5 nitrogen and oxygen atoms in total. The highest BCUT2D eigenvalue weighted by Crippen LogP contribution is 2.29. The molecular formula is C12H12ClN3O2S. The molecule has 19 heavy (non-hydrogen) atoms. The van der Waals surface area contributed by atoms with Gasteiger partial charge in [0.1, 0.15) is 10.8 Å². The van der Waals surface area contributed by atoms with Gasteiger partial charge in [-0.15, -0.1) is 11.3 Å². The number of hydrogen-bond donors (Lipinski definition) is 2. The van der Waals surface area contributed by atoms with Crippen LogP contribution in [0, 0.1) is 0 Å². The lowest BCUT2D eigenvalue weighted by Crippen LogP contribution is -2.12. The number of pyridine rings is 1. The number of carbonyl (C=O) groups is 1. The Bertz CT molecular complexity index is 574. The SMILES string of the molecule is CCC(Nc1nccc(C(=O)O)c1Cl)c1nccs1. The number of anilines is 1. The van der Waals surface area contributed by atoms with E-state index in [4.69, 9.17) is 16.7 Å². The number of aromatic carboxylic acids is 1. The summed E-state index contributed by atoms with van der Waals surface area (Å²) >= 11 is 7.57. The molecule has 0 amide bonds. The van der Waals surface area contributed by atoms with Gasteiger partial charge in [0.15, 0.2) is 0 Å². The molecule has 0 aliphatic heterocycles. The average molecular weight is 298 g/mol. The average Bonchev–Trinajstić information content (AvgIpc) is 2.91. The van der Waals surface area contributed by atoms with Gasteiger partial charge in [0, 0.05) is 17.8 Å². The number of hydrogen-bond acceptors (Lipinski definition) is 5. The first-order chi connectivity index (χ1) is 9.13. The van der Waals surface area contributed by atoms with Crippen molar-refractivity contribution in [3.63, 3.8) is 0 Å². The second kappa shape index (κ2) is 5.99. The molecule has 7 heteroatoms. The normalized spacial score (nSPS) is 12.1. The quantitative estimate of drug-likeness (QED) is 0.884. The number of aromatic nitrogens is 2. The van der Waals surface area contributed by atoms with Gasteiger partial charge >= 0.3 is 5.97 Å². The molecule has 0 aliphatic carbocycles. The Morgan fingerprint density at radius 3 is 2.89 bits per heavy atom. The van der Waals surface area contributed by atoms with Gasteiger partial charge in [0.2, 0.25) is 0 Å². The van der Waals surface area contributed by atoms with E-state index >= 15 is 0 Å². The highest BCUT2D eigenvalue weighted by Gasteiger charge is 2.17. The molecule has 2 aromatic heterocycles. The van der Waals surface area contributed by atoms with Gasteiger partial charge in [0.05, 0.1) is 16.6 Å². The molecule has 0 aromatic carbocycles. The molecule has 0 saturated carbocycles. The van der Waals surface area contributed by atoms with Crippen LogP contribution in [-0.2, 0) is 0 Å². The van der Waals surface area contributed by atoms with Crippen molar-refractivity contribution in [3.8, 4) is 0 Å². The molecule has 100 valence electrons. The van der Waals surface area contributed by atoms with Crippen LogP contribution in [0.25, 0.3) is 0 Å². The Hall–Kier alpha value is -1.66. The zero-order valence-electron chi connectivity index (χ0n) is 10.1. The highest BCUT2D eigenvalue weighted by molar-refractivity contribution is 7.09. The number of carboxylic acid groups (broad SMARTS) is 1. The van der Waals surface area contributed by atoms with Gasteiger partial charge in [-0.05, 0) is 12.5 Å². The molecule has 2 aromatic rings. The lowest BCUT2D eigenvalue weighted by Gasteiger charge is -2.16. The van der Waals surface area contributed by atoms with Crippen LogP contribution in [0.15, 0.2) is 23.8 Å². The fourth-order valence-corrected chi connectivity index (χ4v) is 2.64. The van der Waals surface area contributed by atoms with Crippen LogP contribution in [0.5, 0.6) is 0 Å². The van der Waals surface area contributed by atoms with Crippen LogP contribution in [0.1, 0.15) is 34.8 Å². The van der Waals surface area contributed by atoms with Gasteiger partial charge in [-0.3, -0.25) is 0 Å². The maximum absolute atomic E-state index is 11.0. The Morgan fingerprint density at radius 2 is 2.32 bits per heavy atom. The van der Waals surface area contributed by atoms with E-state index in [1.54, 1.807) is 6.20 Å². The van der Waals surface area contributed by atoms with E-state index in [0.29, 0.717) is 5.82 Å². The van der Waals surface area contributed by atoms with Crippen LogP contribution in [0.2, 0.25) is 5.02 Å². The number of nitrogens with zero attached hydrogens (tertiary/aromatic N) is 2. The monoisotopic (exact) mass is 297 g/mol. The van der Waals surface area contributed by atoms with Crippen LogP contribution >= 0.6 is 22.9 Å². The van der Waals surface area contributed by atoms with Crippen LogP contribution in [0.4, 0.5) is 5.82 Å². The Balaban J connectivity index is 2.28. The lowest BCUT2D eigenvalue weighted by molar-refractivity contribution is 0.0697. The molecule has 0 aliphatic rings. The van der Waals surface area contributed by atoms with E-state index in [-0.39, 0.29) is 16.6 Å². The first kappa shape index (κ1) is 13.8. The molecular weight excluding hydrogens is 286 g/mol. The fraction of sp³-hybridized carbons (Fsp3) is 0.250. The van der Waals surface area contributed by atoms with Gasteiger partial charge in [-0.2, -0.15) is 0 Å². The van der Waals surface area contributed by atoms with Gasteiger partial charge in [-0.25, -0.2) is 14.8 Å². The van der Waals surface area contributed by atoms with Crippen molar-refractivity contribution < 1.29 is 9.90 Å². The number of rotatable bonds is 5. The van der Waals surface area contributed by atoms with Crippen molar-refractivity contribution in [2.45, 2.75) is 19.4 Å². The first-order valence-corrected chi connectivity index (χ1v) is 6.93. The van der Waals surface area contributed by atoms with Crippen molar-refractivity contribution in [2.75, 3.05) is 5.32 Å². The summed E-state index contributed by atoms with van der Waals surface area (Å²) in [7, 11) is 0. The summed E-state index contributed by atoms with van der Waals surface area (Å²) in [5, 5.41) is 15.1. The highest BCUT2D eigenvalue weighted by atomic mass is 35.5. The van der Waals surface area contributed by atoms with E-state index in [1.807, 2.05) is 12.3 Å². The Labute approximate surface area is 119 Å². The number of halogens is 1. The zero-order valence-corrected chi connectivity index (χ0v) is 11.7. The van der Waals surface area contributed by atoms with Crippen molar-refractivity contribution in [1.82, 2.24) is 9.97 Å². The minimum atomic E-state index is -1.07. The predicted octanol–water partition coefficient (Wildman–Crippen LogP) is 3.45. The van der Waals surface area contributed by atoms with Crippen molar-refractivity contribution in [3.05, 3.63) is 39.4 Å². The number of nitrogens with one attached hydrogen (secondary N) is 1. The van der Waals surface area contributed by atoms with Gasteiger partial charge in [0.25, 0.3) is 0 Å². The smallest absolute Gasteiger partial charge is 0.337 e. The molecule has 2 rings (SSSR count). The largest absolute Gasteiger partial charge is 0.478 e. The topological polar surface area (TPSA) is 75.1 Å². The molecule has 0 spiro atoms. The van der Waals surface area contributed by atoms with Crippen LogP contribution < -0.4 is 5.32 Å². The van der Waals surface area contributed by atoms with E-state index in [1.165, 1.54) is 23.6 Å². The molecule has 2 heterocycles. The Morgan fingerprint density at radius 1 is 1.53 bits per heavy atom. The second-order valence-corrected chi connectivity index (χ2v) is 5.11. The molecule has 0 saturated heterocycles. The first-order valence-electron chi connectivity index (χ1n) is 5.67. The van der Waals surface area contributed by atoms with Gasteiger partial charge in [-0.1, -0.05) is 18.5 Å². The third-order valence-electron chi connectivity index (χ3n) is 2.59. The lowest BCUT2D eigenvalue weighted by atomic mass is 10.2. The molecule has 0 radical (unpaired) electrons. The molecule has 1 unspecified atom stereocenters. The maximum Gasteiger partial charge on any atom is 0.337 e. The summed E-state index contributed by atoms with van der Waals surface area (Å²) in [5.41, 5.74) is 0.0353. The second-order valence-electron chi connectivity index (χ2n) is 3.80. The minimum absolute atomic E-state index is 0.0333. The van der Waals surface area contributed by atoms with Crippen molar-refractivity contribution in [1.29, 1.82) is 0 Å². The number of carboxylic acids is 1. The third-order valence-corrected chi connectivity index (χ3v) is 3.86. The summed E-state index contributed by atoms with van der Waals surface area (Å²) in [4.78, 5) is 19.3. The predicted molar refractivity (Wildman–Crippen MR) is 75.0 cm³/mol. The van der Waals surface area contributed by atoms with Gasteiger partial charge < -0.3 is 10.4 Å². The molecule has 1 atom stereocenters. The Kier molecular flexibility index (Phi) is 4.34. The standard InChI is InChI=1S/C12H12ClN3O2S/c1-2-8(11-15-5-6-19-11)16-10-9(13)7(12(17)18)3-4-14-10/h3-6,8H,2H2,1H3,(H,14,16)(H,17,18). The van der Waals surface area contributed by atoms with Crippen molar-refractivity contribution in [2.24, 2.45) is 0 Å². The van der Waals surface area contributed by atoms with E-state index in [9.17, 15) is 4.79 Å². The minimum Gasteiger partial charge on any atom is -0.478 e. The van der Waals surface area contributed by atoms with E-state index in [2.05, 4.69) is 15.3 Å².